The molecule has 0 aromatic heterocycles. The molecule has 36 heavy (non-hydrogen) atoms. The highest BCUT2D eigenvalue weighted by Gasteiger charge is 2.22. The maximum Gasteiger partial charge on any atom is 0.364 e. The number of carbonyl (C=O) groups is 1. The average molecular weight is 497 g/mol. The van der Waals surface area contributed by atoms with Crippen LogP contribution in [0.15, 0.2) is 54.6 Å². The van der Waals surface area contributed by atoms with Crippen LogP contribution in [0.4, 0.5) is 0 Å². The van der Waals surface area contributed by atoms with Crippen molar-refractivity contribution in [3.05, 3.63) is 65.7 Å². The van der Waals surface area contributed by atoms with Crippen LogP contribution >= 0.6 is 0 Å². The van der Waals surface area contributed by atoms with Crippen molar-refractivity contribution >= 4 is 5.97 Å². The fourth-order valence-corrected chi connectivity index (χ4v) is 4.69. The lowest BCUT2D eigenvalue weighted by Gasteiger charge is -2.28. The molecule has 0 amide bonds. The zero-order valence-electron chi connectivity index (χ0n) is 23.2. The van der Waals surface area contributed by atoms with Crippen LogP contribution in [-0.2, 0) is 22.5 Å². The molecule has 0 spiro atoms. The molecule has 0 saturated carbocycles. The van der Waals surface area contributed by atoms with Gasteiger partial charge in [-0.2, -0.15) is 0 Å². The lowest BCUT2D eigenvalue weighted by atomic mass is 10.0. The van der Waals surface area contributed by atoms with E-state index in [1.54, 1.807) is 0 Å². The third kappa shape index (κ3) is 13.7. The van der Waals surface area contributed by atoms with E-state index >= 15 is 0 Å². The summed E-state index contributed by atoms with van der Waals surface area (Å²) in [6, 6.07) is 18.3. The summed E-state index contributed by atoms with van der Waals surface area (Å²) in [5.74, 6) is 0.584. The highest BCUT2D eigenvalue weighted by Crippen LogP contribution is 2.21. The van der Waals surface area contributed by atoms with Crippen molar-refractivity contribution < 1.29 is 18.8 Å². The Hall–Kier alpha value is -2.33. The molecular weight excluding hydrogens is 446 g/mol. The average Bonchev–Trinajstić information content (AvgIpc) is 2.85. The van der Waals surface area contributed by atoms with Crippen LogP contribution in [0, 0.1) is 0 Å². The molecule has 200 valence electrons. The van der Waals surface area contributed by atoms with Crippen molar-refractivity contribution in [3.8, 4) is 5.75 Å². The Morgan fingerprint density at radius 3 is 1.92 bits per heavy atom. The van der Waals surface area contributed by atoms with Crippen LogP contribution in [0.1, 0.15) is 95.1 Å². The van der Waals surface area contributed by atoms with Gasteiger partial charge in [0.15, 0.2) is 6.54 Å². The summed E-state index contributed by atoms with van der Waals surface area (Å²) in [6.07, 6.45) is 17.2. The number of ether oxygens (including phenoxy) is 2. The van der Waals surface area contributed by atoms with Gasteiger partial charge >= 0.3 is 5.97 Å². The van der Waals surface area contributed by atoms with Crippen molar-refractivity contribution in [1.29, 1.82) is 0 Å². The molecule has 2 aromatic carbocycles. The van der Waals surface area contributed by atoms with Crippen molar-refractivity contribution in [2.24, 2.45) is 0 Å². The Morgan fingerprint density at radius 2 is 1.28 bits per heavy atom. The number of unbranched alkanes of at least 4 members (excludes halogenated alkanes) is 11. The maximum atomic E-state index is 12.4. The fourth-order valence-electron chi connectivity index (χ4n) is 4.69. The molecule has 0 unspecified atom stereocenters. The second-order valence-electron chi connectivity index (χ2n) is 10.8. The standard InChI is InChI=1S/C32H50NO3/c1-4-5-6-7-8-9-10-11-12-13-14-18-23-30-24-19-20-25-31(30)35-28-36-32(34)27-33(2,3)26-29-21-16-15-17-22-29/h15-17,19-22,24-25H,4-14,18,23,26-28H2,1-3H3/q+1. The molecule has 0 saturated heterocycles. The van der Waals surface area contributed by atoms with Crippen LogP contribution in [0.5, 0.6) is 5.75 Å². The topological polar surface area (TPSA) is 35.5 Å². The van der Waals surface area contributed by atoms with Gasteiger partial charge in [-0.3, -0.25) is 0 Å². The summed E-state index contributed by atoms with van der Waals surface area (Å²) in [5.41, 5.74) is 2.40. The maximum absolute atomic E-state index is 12.4. The smallest absolute Gasteiger partial charge is 0.364 e. The second-order valence-corrected chi connectivity index (χ2v) is 10.8. The third-order valence-corrected chi connectivity index (χ3v) is 6.72. The predicted molar refractivity (Wildman–Crippen MR) is 150 cm³/mol. The summed E-state index contributed by atoms with van der Waals surface area (Å²) in [6.45, 7) is 3.31. The first-order valence-electron chi connectivity index (χ1n) is 14.2. The second kappa shape index (κ2) is 18.0. The van der Waals surface area contributed by atoms with Crippen LogP contribution < -0.4 is 4.74 Å². The first-order valence-corrected chi connectivity index (χ1v) is 14.2. The largest absolute Gasteiger partial charge is 0.457 e. The van der Waals surface area contributed by atoms with E-state index in [0.717, 1.165) is 18.7 Å². The van der Waals surface area contributed by atoms with Gasteiger partial charge in [-0.05, 0) is 24.5 Å². The van der Waals surface area contributed by atoms with Gasteiger partial charge in [-0.25, -0.2) is 4.79 Å². The minimum absolute atomic E-state index is 0.0420. The number of carbonyl (C=O) groups excluding carboxylic acids is 1. The zero-order chi connectivity index (χ0) is 25.9. The van der Waals surface area contributed by atoms with Gasteiger partial charge in [-0.15, -0.1) is 0 Å². The monoisotopic (exact) mass is 496 g/mol. The van der Waals surface area contributed by atoms with Crippen molar-refractivity contribution in [1.82, 2.24) is 0 Å². The fraction of sp³-hybridized carbons (Fsp3) is 0.594. The summed E-state index contributed by atoms with van der Waals surface area (Å²) in [7, 11) is 4.08. The van der Waals surface area contributed by atoms with E-state index in [9.17, 15) is 4.79 Å². The van der Waals surface area contributed by atoms with E-state index in [-0.39, 0.29) is 12.8 Å². The summed E-state index contributed by atoms with van der Waals surface area (Å²) in [5, 5.41) is 0. The molecule has 4 heteroatoms. The minimum Gasteiger partial charge on any atom is -0.457 e. The quantitative estimate of drug-likeness (QED) is 0.0804. The SMILES string of the molecule is CCCCCCCCCCCCCCc1ccccc1OCOC(=O)C[N+](C)(C)Cc1ccccc1. The van der Waals surface area contributed by atoms with Gasteiger partial charge in [0.05, 0.1) is 14.1 Å². The molecule has 0 N–H and O–H groups in total. The molecule has 0 aliphatic rings. The van der Waals surface area contributed by atoms with Crippen molar-refractivity contribution in [3.63, 3.8) is 0 Å². The van der Waals surface area contributed by atoms with Gasteiger partial charge in [0.2, 0.25) is 6.79 Å². The van der Waals surface area contributed by atoms with Crippen molar-refractivity contribution in [2.45, 2.75) is 96.9 Å². The number of likely N-dealkylation sites (N-methyl/N-ethyl adjacent to an activating group) is 1. The van der Waals surface area contributed by atoms with Gasteiger partial charge < -0.3 is 14.0 Å². The van der Waals surface area contributed by atoms with Crippen LogP contribution in [0.2, 0.25) is 0 Å². The molecule has 0 bridgehead atoms. The number of hydrogen-bond donors (Lipinski definition) is 0. The van der Waals surface area contributed by atoms with E-state index < -0.39 is 0 Å². The normalized spacial score (nSPS) is 11.4. The molecule has 4 nitrogen and oxygen atoms in total. The Labute approximate surface area is 220 Å². The summed E-state index contributed by atoms with van der Waals surface area (Å²) >= 11 is 0. The Bertz CT molecular complexity index is 834. The predicted octanol–water partition coefficient (Wildman–Crippen LogP) is 8.09. The molecule has 2 aromatic rings. The highest BCUT2D eigenvalue weighted by molar-refractivity contribution is 5.70. The number of aryl methyl sites for hydroxylation is 1. The molecular formula is C32H50NO3+. The molecule has 0 heterocycles. The lowest BCUT2D eigenvalue weighted by Crippen LogP contribution is -2.43. The van der Waals surface area contributed by atoms with E-state index in [0.29, 0.717) is 11.0 Å². The number of quaternary nitrogens is 1. The van der Waals surface area contributed by atoms with Crippen LogP contribution in [0.3, 0.4) is 0 Å². The molecule has 0 atom stereocenters. The number of hydrogen-bond acceptors (Lipinski definition) is 3. The van der Waals surface area contributed by atoms with Gasteiger partial charge in [0, 0.05) is 5.56 Å². The van der Waals surface area contributed by atoms with Crippen LogP contribution in [-0.4, -0.2) is 37.9 Å². The molecule has 0 aliphatic heterocycles. The third-order valence-electron chi connectivity index (χ3n) is 6.72. The summed E-state index contributed by atoms with van der Waals surface area (Å²) in [4.78, 5) is 12.4. The Morgan fingerprint density at radius 1 is 0.722 bits per heavy atom. The number of benzene rings is 2. The number of esters is 1. The van der Waals surface area contributed by atoms with Crippen LogP contribution in [0.25, 0.3) is 0 Å². The number of nitrogens with zero attached hydrogens (tertiary/aromatic N) is 1. The van der Waals surface area contributed by atoms with E-state index in [1.165, 1.54) is 88.2 Å². The van der Waals surface area contributed by atoms with E-state index in [1.807, 2.05) is 44.4 Å². The lowest BCUT2D eigenvalue weighted by molar-refractivity contribution is -0.896. The van der Waals surface area contributed by atoms with Gasteiger partial charge in [-0.1, -0.05) is 126 Å². The zero-order valence-corrected chi connectivity index (χ0v) is 23.2. The molecule has 0 radical (unpaired) electrons. The highest BCUT2D eigenvalue weighted by atomic mass is 16.7. The number of rotatable bonds is 20. The minimum atomic E-state index is -0.241. The van der Waals surface area contributed by atoms with Crippen molar-refractivity contribution in [2.75, 3.05) is 27.4 Å². The first-order chi connectivity index (χ1) is 17.5. The van der Waals surface area contributed by atoms with E-state index in [4.69, 9.17) is 9.47 Å². The van der Waals surface area contributed by atoms with Gasteiger partial charge in [0.25, 0.3) is 0 Å². The molecule has 2 rings (SSSR count). The molecule has 0 aliphatic carbocycles. The first kappa shape index (κ1) is 29.9. The van der Waals surface area contributed by atoms with Gasteiger partial charge in [0.1, 0.15) is 12.3 Å². The Balaban J connectivity index is 1.58. The van der Waals surface area contributed by atoms with E-state index in [2.05, 4.69) is 31.2 Å². The number of para-hydroxylation sites is 1. The summed E-state index contributed by atoms with van der Waals surface area (Å²) < 4.78 is 11.8. The Kier molecular flexibility index (Phi) is 14.9. The molecule has 0 fully saturated rings.